The Morgan fingerprint density at radius 1 is 1.12 bits per heavy atom. The van der Waals surface area contributed by atoms with Crippen molar-refractivity contribution in [1.29, 1.82) is 0 Å². The van der Waals surface area contributed by atoms with E-state index in [0.717, 1.165) is 22.9 Å². The minimum Gasteiger partial charge on any atom is -0.295 e. The van der Waals surface area contributed by atoms with Gasteiger partial charge in [0.25, 0.3) is 0 Å². The van der Waals surface area contributed by atoms with Crippen LogP contribution in [0.3, 0.4) is 0 Å². The highest BCUT2D eigenvalue weighted by atomic mass is 79.9. The summed E-state index contributed by atoms with van der Waals surface area (Å²) in [7, 11) is 0. The highest BCUT2D eigenvalue weighted by Crippen LogP contribution is 2.16. The van der Waals surface area contributed by atoms with Crippen molar-refractivity contribution in [3.05, 3.63) is 34.3 Å². The Morgan fingerprint density at radius 2 is 1.71 bits per heavy atom. The van der Waals surface area contributed by atoms with Crippen LogP contribution < -0.4 is 0 Å². The minimum absolute atomic E-state index is 0.691. The van der Waals surface area contributed by atoms with E-state index in [0.29, 0.717) is 6.04 Å². The predicted molar refractivity (Wildman–Crippen MR) is 82.7 cm³/mol. The third-order valence-corrected chi connectivity index (χ3v) is 4.01. The molecular formula is C14H21Br2N. The van der Waals surface area contributed by atoms with Crippen molar-refractivity contribution in [2.45, 2.75) is 39.3 Å². The largest absolute Gasteiger partial charge is 0.295 e. The van der Waals surface area contributed by atoms with E-state index in [-0.39, 0.29) is 0 Å². The second-order valence-corrected chi connectivity index (χ2v) is 5.96. The highest BCUT2D eigenvalue weighted by molar-refractivity contribution is 9.10. The predicted octanol–water partition coefficient (Wildman–Crippen LogP) is 4.83. The summed E-state index contributed by atoms with van der Waals surface area (Å²) in [6, 6.07) is 9.33. The molecule has 0 saturated heterocycles. The van der Waals surface area contributed by atoms with Gasteiger partial charge in [0.05, 0.1) is 0 Å². The van der Waals surface area contributed by atoms with Gasteiger partial charge in [-0.1, -0.05) is 57.8 Å². The van der Waals surface area contributed by atoms with E-state index < -0.39 is 0 Å². The molecule has 0 aliphatic rings. The maximum absolute atomic E-state index is 3.55. The smallest absolute Gasteiger partial charge is 0.0237 e. The molecule has 0 radical (unpaired) electrons. The summed E-state index contributed by atoms with van der Waals surface area (Å²) in [4.78, 5) is 2.57. The quantitative estimate of drug-likeness (QED) is 0.627. The van der Waals surface area contributed by atoms with Gasteiger partial charge >= 0.3 is 0 Å². The molecule has 0 N–H and O–H groups in total. The zero-order valence-corrected chi connectivity index (χ0v) is 13.8. The van der Waals surface area contributed by atoms with E-state index in [1.165, 1.54) is 18.4 Å². The number of rotatable bonds is 7. The average Bonchev–Trinajstić information content (AvgIpc) is 2.34. The Hall–Kier alpha value is 0.140. The Kier molecular flexibility index (Phi) is 7.40. The molecule has 0 saturated carbocycles. The molecule has 96 valence electrons. The van der Waals surface area contributed by atoms with Crippen LogP contribution in [0.4, 0.5) is 0 Å². The lowest BCUT2D eigenvalue weighted by molar-refractivity contribution is 0.189. The zero-order chi connectivity index (χ0) is 12.7. The molecule has 0 bridgehead atoms. The van der Waals surface area contributed by atoms with Crippen molar-refractivity contribution >= 4 is 31.9 Å². The minimum atomic E-state index is 0.691. The number of hydrogen-bond donors (Lipinski definition) is 0. The van der Waals surface area contributed by atoms with E-state index in [1.807, 2.05) is 0 Å². The molecule has 1 rings (SSSR count). The van der Waals surface area contributed by atoms with Crippen LogP contribution in [0.5, 0.6) is 0 Å². The summed E-state index contributed by atoms with van der Waals surface area (Å²) in [6.45, 7) is 6.71. The summed E-state index contributed by atoms with van der Waals surface area (Å²) in [5.41, 5.74) is 1.39. The highest BCUT2D eigenvalue weighted by Gasteiger charge is 2.14. The fraction of sp³-hybridized carbons (Fsp3) is 0.571. The Balaban J connectivity index is 2.68. The number of alkyl halides is 1. The number of nitrogens with zero attached hydrogens (tertiary/aromatic N) is 1. The normalized spacial score (nSPS) is 11.4. The first-order chi connectivity index (χ1) is 8.21. The topological polar surface area (TPSA) is 3.24 Å². The molecule has 0 aliphatic carbocycles. The average molecular weight is 363 g/mol. The van der Waals surface area contributed by atoms with Gasteiger partial charge in [-0.25, -0.2) is 0 Å². The van der Waals surface area contributed by atoms with Crippen LogP contribution in [-0.4, -0.2) is 22.8 Å². The molecule has 0 spiro atoms. The number of hydrogen-bond acceptors (Lipinski definition) is 1. The maximum atomic E-state index is 3.55. The molecule has 0 atom stereocenters. The molecule has 1 nitrogen and oxygen atoms in total. The monoisotopic (exact) mass is 361 g/mol. The second-order valence-electron chi connectivity index (χ2n) is 4.26. The van der Waals surface area contributed by atoms with Gasteiger partial charge < -0.3 is 0 Å². The zero-order valence-electron chi connectivity index (χ0n) is 10.6. The Bertz CT molecular complexity index is 307. The third kappa shape index (κ3) is 5.11. The fourth-order valence-corrected chi connectivity index (χ4v) is 2.85. The van der Waals surface area contributed by atoms with E-state index in [9.17, 15) is 0 Å². The van der Waals surface area contributed by atoms with Crippen molar-refractivity contribution in [2.75, 3.05) is 11.9 Å². The van der Waals surface area contributed by atoms with Gasteiger partial charge in [-0.2, -0.15) is 0 Å². The molecule has 0 heterocycles. The van der Waals surface area contributed by atoms with Crippen molar-refractivity contribution in [3.8, 4) is 0 Å². The van der Waals surface area contributed by atoms with Gasteiger partial charge in [0.1, 0.15) is 0 Å². The second kappa shape index (κ2) is 8.28. The first-order valence-corrected chi connectivity index (χ1v) is 8.17. The molecule has 17 heavy (non-hydrogen) atoms. The van der Waals surface area contributed by atoms with Crippen LogP contribution in [0.1, 0.15) is 32.3 Å². The fourth-order valence-electron chi connectivity index (χ4n) is 2.13. The lowest BCUT2D eigenvalue weighted by Crippen LogP contribution is -2.35. The van der Waals surface area contributed by atoms with E-state index >= 15 is 0 Å². The van der Waals surface area contributed by atoms with Crippen LogP contribution in [0.2, 0.25) is 0 Å². The van der Waals surface area contributed by atoms with Crippen LogP contribution in [0.15, 0.2) is 28.7 Å². The Morgan fingerprint density at radius 3 is 2.18 bits per heavy atom. The lowest BCUT2D eigenvalue weighted by Gasteiger charge is -2.30. The van der Waals surface area contributed by atoms with Crippen molar-refractivity contribution in [3.63, 3.8) is 0 Å². The molecule has 3 heteroatoms. The van der Waals surface area contributed by atoms with Crippen molar-refractivity contribution < 1.29 is 0 Å². The summed E-state index contributed by atoms with van der Waals surface area (Å²) >= 11 is 7.03. The summed E-state index contributed by atoms with van der Waals surface area (Å²) in [6.07, 6.45) is 2.44. The third-order valence-electron chi connectivity index (χ3n) is 3.13. The van der Waals surface area contributed by atoms with Crippen molar-refractivity contribution in [2.24, 2.45) is 0 Å². The summed E-state index contributed by atoms with van der Waals surface area (Å²) in [5, 5.41) is 1.04. The first kappa shape index (κ1) is 15.2. The van der Waals surface area contributed by atoms with E-state index in [2.05, 4.69) is 74.9 Å². The number of halogens is 2. The van der Waals surface area contributed by atoms with Gasteiger partial charge in [0.15, 0.2) is 0 Å². The Labute approximate surface area is 122 Å². The van der Waals surface area contributed by atoms with Gasteiger partial charge in [0, 0.05) is 28.9 Å². The molecule has 0 amide bonds. The van der Waals surface area contributed by atoms with Gasteiger partial charge in [-0.05, 0) is 30.5 Å². The molecule has 1 aromatic rings. The van der Waals surface area contributed by atoms with Crippen LogP contribution in [0, 0.1) is 0 Å². The van der Waals surface area contributed by atoms with Crippen molar-refractivity contribution in [1.82, 2.24) is 4.90 Å². The maximum Gasteiger partial charge on any atom is 0.0237 e. The molecule has 0 fully saturated rings. The van der Waals surface area contributed by atoms with E-state index in [1.54, 1.807) is 0 Å². The molecule has 1 aromatic carbocycles. The SMILES string of the molecule is CCC(CC)N(CCBr)Cc1ccc(Br)cc1. The van der Waals surface area contributed by atoms with Crippen LogP contribution >= 0.6 is 31.9 Å². The molecule has 0 aliphatic heterocycles. The summed E-state index contributed by atoms with van der Waals surface area (Å²) in [5.74, 6) is 0. The lowest BCUT2D eigenvalue weighted by atomic mass is 10.1. The molecule has 0 unspecified atom stereocenters. The molecule has 0 aromatic heterocycles. The summed E-state index contributed by atoms with van der Waals surface area (Å²) < 4.78 is 1.15. The van der Waals surface area contributed by atoms with Gasteiger partial charge in [-0.15, -0.1) is 0 Å². The van der Waals surface area contributed by atoms with Gasteiger partial charge in [-0.3, -0.25) is 4.90 Å². The van der Waals surface area contributed by atoms with Gasteiger partial charge in [0.2, 0.25) is 0 Å². The van der Waals surface area contributed by atoms with E-state index in [4.69, 9.17) is 0 Å². The number of benzene rings is 1. The molecular weight excluding hydrogens is 342 g/mol. The van der Waals surface area contributed by atoms with Crippen LogP contribution in [0.25, 0.3) is 0 Å². The van der Waals surface area contributed by atoms with Crippen LogP contribution in [-0.2, 0) is 6.54 Å². The standard InChI is InChI=1S/C14H21Br2N/c1-3-14(4-2)17(10-9-15)11-12-5-7-13(16)8-6-12/h5-8,14H,3-4,9-11H2,1-2H3. The first-order valence-electron chi connectivity index (χ1n) is 6.25.